The molecule has 0 unspecified atom stereocenters. The van der Waals surface area contributed by atoms with Gasteiger partial charge in [-0.25, -0.2) is 5.43 Å². The van der Waals surface area contributed by atoms with Crippen LogP contribution in [0.5, 0.6) is 11.5 Å². The average molecular weight is 389 g/mol. The van der Waals surface area contributed by atoms with Crippen LogP contribution in [0.3, 0.4) is 0 Å². The minimum absolute atomic E-state index is 0.0343. The molecule has 2 rings (SSSR count). The van der Waals surface area contributed by atoms with Gasteiger partial charge in [0.1, 0.15) is 0 Å². The summed E-state index contributed by atoms with van der Waals surface area (Å²) in [5.41, 5.74) is 4.24. The average Bonchev–Trinajstić information content (AvgIpc) is 2.72. The second-order valence-electron chi connectivity index (χ2n) is 7.12. The summed E-state index contributed by atoms with van der Waals surface area (Å²) in [4.78, 5) is 24.1. The molecule has 0 aliphatic heterocycles. The number of amides is 2. The Kier molecular flexibility index (Phi) is 8.78. The quantitative estimate of drug-likeness (QED) is 0.502. The Bertz CT molecular complexity index is 697. The standard InChI is InChI=1S/C21H31N3O4/c1-15(23-24-21(26)17-7-5-4-6-8-17)13-20(25)22-12-11-16-9-10-18(27-2)19(14-16)28-3/h9-10,14,17H,4-8,11-13H2,1-3H3,(H,22,25)(H,24,26)/b23-15+. The number of carbonyl (C=O) groups excluding carboxylic acids is 2. The highest BCUT2D eigenvalue weighted by Crippen LogP contribution is 2.27. The number of hydrogen-bond acceptors (Lipinski definition) is 5. The van der Waals surface area contributed by atoms with Gasteiger partial charge in [0.15, 0.2) is 11.5 Å². The van der Waals surface area contributed by atoms with Crippen molar-refractivity contribution in [1.29, 1.82) is 0 Å². The van der Waals surface area contributed by atoms with Crippen molar-refractivity contribution in [3.63, 3.8) is 0 Å². The predicted octanol–water partition coefficient (Wildman–Crippen LogP) is 2.83. The van der Waals surface area contributed by atoms with Crippen LogP contribution in [0.25, 0.3) is 0 Å². The highest BCUT2D eigenvalue weighted by Gasteiger charge is 2.20. The highest BCUT2D eigenvalue weighted by atomic mass is 16.5. The van der Waals surface area contributed by atoms with Gasteiger partial charge in [-0.1, -0.05) is 25.3 Å². The number of hydrazone groups is 1. The lowest BCUT2D eigenvalue weighted by atomic mass is 9.89. The number of rotatable bonds is 9. The number of carbonyl (C=O) groups is 2. The summed E-state index contributed by atoms with van der Waals surface area (Å²) in [5, 5.41) is 6.95. The van der Waals surface area contributed by atoms with E-state index in [1.807, 2.05) is 18.2 Å². The zero-order valence-corrected chi connectivity index (χ0v) is 17.0. The summed E-state index contributed by atoms with van der Waals surface area (Å²) in [6.45, 7) is 2.26. The van der Waals surface area contributed by atoms with E-state index in [2.05, 4.69) is 15.8 Å². The van der Waals surface area contributed by atoms with E-state index >= 15 is 0 Å². The van der Waals surface area contributed by atoms with Gasteiger partial charge in [-0.15, -0.1) is 0 Å². The van der Waals surface area contributed by atoms with Crippen molar-refractivity contribution in [2.24, 2.45) is 11.0 Å². The number of ether oxygens (including phenoxy) is 2. The molecule has 154 valence electrons. The Balaban J connectivity index is 1.72. The van der Waals surface area contributed by atoms with Gasteiger partial charge < -0.3 is 14.8 Å². The van der Waals surface area contributed by atoms with Crippen LogP contribution in [0, 0.1) is 5.92 Å². The van der Waals surface area contributed by atoms with Crippen molar-refractivity contribution < 1.29 is 19.1 Å². The second-order valence-corrected chi connectivity index (χ2v) is 7.12. The first-order valence-corrected chi connectivity index (χ1v) is 9.84. The molecule has 0 heterocycles. The van der Waals surface area contributed by atoms with Gasteiger partial charge in [0.25, 0.3) is 0 Å². The molecule has 2 N–H and O–H groups in total. The zero-order valence-electron chi connectivity index (χ0n) is 17.0. The number of nitrogens with one attached hydrogen (secondary N) is 2. The normalized spacial score (nSPS) is 15.0. The van der Waals surface area contributed by atoms with E-state index in [9.17, 15) is 9.59 Å². The minimum atomic E-state index is -0.117. The third-order valence-corrected chi connectivity index (χ3v) is 4.93. The smallest absolute Gasteiger partial charge is 0.243 e. The molecule has 1 aliphatic carbocycles. The fourth-order valence-electron chi connectivity index (χ4n) is 3.32. The molecule has 7 nitrogen and oxygen atoms in total. The van der Waals surface area contributed by atoms with E-state index in [0.717, 1.165) is 31.2 Å². The van der Waals surface area contributed by atoms with E-state index in [4.69, 9.17) is 9.47 Å². The van der Waals surface area contributed by atoms with Gasteiger partial charge >= 0.3 is 0 Å². The summed E-state index contributed by atoms with van der Waals surface area (Å²) in [6.07, 6.45) is 6.10. The molecule has 0 spiro atoms. The van der Waals surface area contributed by atoms with Crippen LogP contribution in [0.1, 0.15) is 51.0 Å². The number of methoxy groups -OCH3 is 2. The lowest BCUT2D eigenvalue weighted by Gasteiger charge is -2.19. The third kappa shape index (κ3) is 6.87. The van der Waals surface area contributed by atoms with Gasteiger partial charge in [-0.2, -0.15) is 5.10 Å². The molecular weight excluding hydrogens is 358 g/mol. The Morgan fingerprint density at radius 1 is 1.11 bits per heavy atom. The van der Waals surface area contributed by atoms with Crippen molar-refractivity contribution in [3.8, 4) is 11.5 Å². The third-order valence-electron chi connectivity index (χ3n) is 4.93. The predicted molar refractivity (Wildman–Crippen MR) is 109 cm³/mol. The lowest BCUT2D eigenvalue weighted by Crippen LogP contribution is -2.30. The van der Waals surface area contributed by atoms with Crippen molar-refractivity contribution >= 4 is 17.5 Å². The molecule has 1 fully saturated rings. The number of hydrogen-bond donors (Lipinski definition) is 2. The topological polar surface area (TPSA) is 89.0 Å². The monoisotopic (exact) mass is 389 g/mol. The molecular formula is C21H31N3O4. The second kappa shape index (κ2) is 11.3. The fourth-order valence-corrected chi connectivity index (χ4v) is 3.32. The maximum absolute atomic E-state index is 12.1. The molecule has 1 aliphatic rings. The molecule has 0 atom stereocenters. The summed E-state index contributed by atoms with van der Waals surface area (Å²) >= 11 is 0. The van der Waals surface area contributed by atoms with Crippen molar-refractivity contribution in [3.05, 3.63) is 23.8 Å². The molecule has 7 heteroatoms. The Labute approximate surface area is 166 Å². The van der Waals surface area contributed by atoms with E-state index < -0.39 is 0 Å². The summed E-state index contributed by atoms with van der Waals surface area (Å²) in [6, 6.07) is 5.70. The summed E-state index contributed by atoms with van der Waals surface area (Å²) < 4.78 is 10.5. The zero-order chi connectivity index (χ0) is 20.4. The van der Waals surface area contributed by atoms with Crippen LogP contribution in [-0.4, -0.2) is 38.3 Å². The first-order valence-electron chi connectivity index (χ1n) is 9.84. The van der Waals surface area contributed by atoms with E-state index in [1.54, 1.807) is 21.1 Å². The molecule has 2 amide bonds. The van der Waals surface area contributed by atoms with E-state index in [0.29, 0.717) is 30.2 Å². The maximum atomic E-state index is 12.1. The van der Waals surface area contributed by atoms with Gasteiger partial charge in [0.2, 0.25) is 11.8 Å². The largest absolute Gasteiger partial charge is 0.493 e. The number of nitrogens with zero attached hydrogens (tertiary/aromatic N) is 1. The Morgan fingerprint density at radius 3 is 2.50 bits per heavy atom. The molecule has 1 aromatic rings. The molecule has 0 bridgehead atoms. The molecule has 0 radical (unpaired) electrons. The van der Waals surface area contributed by atoms with Gasteiger partial charge in [0.05, 0.1) is 20.6 Å². The van der Waals surface area contributed by atoms with Gasteiger partial charge in [-0.05, 0) is 43.9 Å². The van der Waals surface area contributed by atoms with Crippen LogP contribution in [0.15, 0.2) is 23.3 Å². The summed E-state index contributed by atoms with van der Waals surface area (Å²) in [5.74, 6) is 1.25. The summed E-state index contributed by atoms with van der Waals surface area (Å²) in [7, 11) is 3.19. The van der Waals surface area contributed by atoms with Crippen LogP contribution in [0.2, 0.25) is 0 Å². The van der Waals surface area contributed by atoms with E-state index in [-0.39, 0.29) is 24.2 Å². The Morgan fingerprint density at radius 2 is 1.82 bits per heavy atom. The van der Waals surface area contributed by atoms with Crippen molar-refractivity contribution in [2.75, 3.05) is 20.8 Å². The minimum Gasteiger partial charge on any atom is -0.493 e. The Hall–Kier alpha value is -2.57. The fraction of sp³-hybridized carbons (Fsp3) is 0.571. The molecule has 1 aromatic carbocycles. The molecule has 0 aromatic heterocycles. The first kappa shape index (κ1) is 21.7. The van der Waals surface area contributed by atoms with Crippen LogP contribution < -0.4 is 20.2 Å². The van der Waals surface area contributed by atoms with E-state index in [1.165, 1.54) is 6.42 Å². The van der Waals surface area contributed by atoms with Gasteiger partial charge in [0, 0.05) is 18.2 Å². The van der Waals surface area contributed by atoms with Gasteiger partial charge in [-0.3, -0.25) is 9.59 Å². The molecule has 0 saturated heterocycles. The van der Waals surface area contributed by atoms with Crippen molar-refractivity contribution in [2.45, 2.75) is 51.9 Å². The molecule has 28 heavy (non-hydrogen) atoms. The lowest BCUT2D eigenvalue weighted by molar-refractivity contribution is -0.126. The first-order chi connectivity index (χ1) is 13.5. The van der Waals surface area contributed by atoms with Crippen LogP contribution in [-0.2, 0) is 16.0 Å². The molecule has 1 saturated carbocycles. The highest BCUT2D eigenvalue weighted by molar-refractivity contribution is 6.00. The van der Waals surface area contributed by atoms with Crippen LogP contribution >= 0.6 is 0 Å². The maximum Gasteiger partial charge on any atom is 0.243 e. The van der Waals surface area contributed by atoms with Crippen molar-refractivity contribution in [1.82, 2.24) is 10.7 Å². The number of benzene rings is 1. The SMILES string of the molecule is COc1ccc(CCNC(=O)C/C(C)=N/NC(=O)C2CCCCC2)cc1OC. The van der Waals surface area contributed by atoms with Crippen LogP contribution in [0.4, 0.5) is 0 Å².